The minimum atomic E-state index is -0.993. The summed E-state index contributed by atoms with van der Waals surface area (Å²) in [4.78, 5) is 28.6. The summed E-state index contributed by atoms with van der Waals surface area (Å²) in [5, 5.41) is 11.9. The number of likely N-dealkylation sites (tertiary alicyclic amines) is 2. The minimum Gasteiger partial charge on any atom is -0.465 e. The molecular weight excluding hydrogens is 390 g/mol. The Morgan fingerprint density at radius 3 is 2.29 bits per heavy atom. The summed E-state index contributed by atoms with van der Waals surface area (Å²) in [6, 6.07) is 15.5. The molecule has 164 valence electrons. The van der Waals surface area contributed by atoms with Crippen LogP contribution >= 0.6 is 0 Å². The molecule has 2 aromatic carbocycles. The van der Waals surface area contributed by atoms with Crippen molar-refractivity contribution in [3.05, 3.63) is 70.8 Å². The number of amides is 2. The van der Waals surface area contributed by atoms with E-state index in [1.165, 1.54) is 5.56 Å². The van der Waals surface area contributed by atoms with Crippen molar-refractivity contribution in [2.24, 2.45) is 11.8 Å². The van der Waals surface area contributed by atoms with Gasteiger partial charge in [0.2, 0.25) is 0 Å². The standard InChI is InChI=1S/C25H31N3O3/c1-17-8-9-20(12-18(17)2)24(29)28-15-21-13-27(14-22(21)16-28)11-10-23(26-25(30)31)19-6-4-3-5-7-19/h3-9,12,21-23,26H,10-11,13-16H2,1-2H3,(H,30,31)/t21-,22?,23?/m0/s1. The molecule has 0 radical (unpaired) electrons. The van der Waals surface area contributed by atoms with E-state index in [0.717, 1.165) is 55.8 Å². The van der Waals surface area contributed by atoms with Crippen LogP contribution in [0.2, 0.25) is 0 Å². The predicted octanol–water partition coefficient (Wildman–Crippen LogP) is 3.71. The van der Waals surface area contributed by atoms with E-state index in [0.29, 0.717) is 11.8 Å². The quantitative estimate of drug-likeness (QED) is 0.746. The van der Waals surface area contributed by atoms with Crippen molar-refractivity contribution in [3.63, 3.8) is 0 Å². The van der Waals surface area contributed by atoms with E-state index in [1.807, 2.05) is 60.4 Å². The van der Waals surface area contributed by atoms with Gasteiger partial charge in [-0.15, -0.1) is 0 Å². The molecule has 3 atom stereocenters. The SMILES string of the molecule is Cc1ccc(C(=O)N2CC3CN(CCC(NC(=O)O)c4ccccc4)C[C@H]3C2)cc1C. The van der Waals surface area contributed by atoms with Gasteiger partial charge in [0, 0.05) is 38.3 Å². The molecule has 4 rings (SSSR count). The molecule has 0 saturated carbocycles. The zero-order valence-corrected chi connectivity index (χ0v) is 18.3. The third-order valence-electron chi connectivity index (χ3n) is 6.84. The highest BCUT2D eigenvalue weighted by Crippen LogP contribution is 2.32. The van der Waals surface area contributed by atoms with E-state index in [9.17, 15) is 14.7 Å². The first-order chi connectivity index (χ1) is 14.9. The molecule has 0 aliphatic carbocycles. The average Bonchev–Trinajstić information content (AvgIpc) is 3.32. The maximum atomic E-state index is 12.9. The number of rotatable bonds is 6. The van der Waals surface area contributed by atoms with Gasteiger partial charge in [-0.05, 0) is 60.9 Å². The smallest absolute Gasteiger partial charge is 0.405 e. The van der Waals surface area contributed by atoms with Crippen molar-refractivity contribution >= 4 is 12.0 Å². The highest BCUT2D eigenvalue weighted by molar-refractivity contribution is 5.94. The largest absolute Gasteiger partial charge is 0.465 e. The lowest BCUT2D eigenvalue weighted by atomic mass is 10.0. The van der Waals surface area contributed by atoms with Crippen LogP contribution in [0.5, 0.6) is 0 Å². The highest BCUT2D eigenvalue weighted by atomic mass is 16.4. The second-order valence-corrected chi connectivity index (χ2v) is 8.99. The monoisotopic (exact) mass is 421 g/mol. The number of hydrogen-bond donors (Lipinski definition) is 2. The molecule has 6 heteroatoms. The van der Waals surface area contributed by atoms with Gasteiger partial charge in [0.1, 0.15) is 0 Å². The van der Waals surface area contributed by atoms with Gasteiger partial charge in [0.25, 0.3) is 5.91 Å². The lowest BCUT2D eigenvalue weighted by Crippen LogP contribution is -2.35. The van der Waals surface area contributed by atoms with Crippen LogP contribution in [0.3, 0.4) is 0 Å². The Bertz CT molecular complexity index is 932. The molecule has 0 bridgehead atoms. The molecule has 2 unspecified atom stereocenters. The van der Waals surface area contributed by atoms with E-state index in [-0.39, 0.29) is 11.9 Å². The maximum Gasteiger partial charge on any atom is 0.405 e. The maximum absolute atomic E-state index is 12.9. The first-order valence-electron chi connectivity index (χ1n) is 11.0. The molecule has 2 N–H and O–H groups in total. The Labute approximate surface area is 183 Å². The van der Waals surface area contributed by atoms with E-state index >= 15 is 0 Å². The average molecular weight is 422 g/mol. The summed E-state index contributed by atoms with van der Waals surface area (Å²) < 4.78 is 0. The first kappa shape index (κ1) is 21.4. The number of carbonyl (C=O) groups is 2. The van der Waals surface area contributed by atoms with Crippen molar-refractivity contribution in [2.45, 2.75) is 26.3 Å². The van der Waals surface area contributed by atoms with Crippen molar-refractivity contribution in [2.75, 3.05) is 32.7 Å². The topological polar surface area (TPSA) is 72.9 Å². The number of benzene rings is 2. The fourth-order valence-electron chi connectivity index (χ4n) is 4.96. The molecule has 2 heterocycles. The van der Waals surface area contributed by atoms with Gasteiger partial charge in [0.15, 0.2) is 0 Å². The molecule has 2 fully saturated rings. The Kier molecular flexibility index (Phi) is 6.28. The predicted molar refractivity (Wildman–Crippen MR) is 120 cm³/mol. The van der Waals surface area contributed by atoms with Gasteiger partial charge in [0.05, 0.1) is 6.04 Å². The van der Waals surface area contributed by atoms with E-state index in [4.69, 9.17) is 0 Å². The number of hydrogen-bond acceptors (Lipinski definition) is 3. The molecule has 2 amide bonds. The van der Waals surface area contributed by atoms with E-state index in [1.54, 1.807) is 0 Å². The van der Waals surface area contributed by atoms with Crippen molar-refractivity contribution < 1.29 is 14.7 Å². The van der Waals surface area contributed by atoms with Gasteiger partial charge in [-0.3, -0.25) is 4.79 Å². The molecular formula is C25H31N3O3. The lowest BCUT2D eigenvalue weighted by molar-refractivity contribution is 0.0773. The van der Waals surface area contributed by atoms with Crippen molar-refractivity contribution in [1.82, 2.24) is 15.1 Å². The van der Waals surface area contributed by atoms with Crippen LogP contribution in [-0.4, -0.2) is 59.6 Å². The molecule has 31 heavy (non-hydrogen) atoms. The van der Waals surface area contributed by atoms with Crippen molar-refractivity contribution in [1.29, 1.82) is 0 Å². The van der Waals surface area contributed by atoms with Gasteiger partial charge >= 0.3 is 6.09 Å². The Morgan fingerprint density at radius 2 is 1.68 bits per heavy atom. The Morgan fingerprint density at radius 1 is 1.00 bits per heavy atom. The zero-order valence-electron chi connectivity index (χ0n) is 18.3. The summed E-state index contributed by atoms with van der Waals surface area (Å²) in [5.41, 5.74) is 4.14. The van der Waals surface area contributed by atoms with Crippen molar-refractivity contribution in [3.8, 4) is 0 Å². The van der Waals surface area contributed by atoms with Crippen LogP contribution in [0.15, 0.2) is 48.5 Å². The van der Waals surface area contributed by atoms with Gasteiger partial charge < -0.3 is 20.2 Å². The van der Waals surface area contributed by atoms with E-state index in [2.05, 4.69) is 17.1 Å². The number of carboxylic acid groups (broad SMARTS) is 1. The summed E-state index contributed by atoms with van der Waals surface area (Å²) in [6.45, 7) is 8.51. The summed E-state index contributed by atoms with van der Waals surface area (Å²) in [7, 11) is 0. The molecule has 2 aliphatic heterocycles. The molecule has 0 aromatic heterocycles. The molecule has 2 aromatic rings. The Balaban J connectivity index is 1.31. The molecule has 6 nitrogen and oxygen atoms in total. The third kappa shape index (κ3) is 4.90. The first-order valence-corrected chi connectivity index (χ1v) is 11.0. The molecule has 0 spiro atoms. The fourth-order valence-corrected chi connectivity index (χ4v) is 4.96. The number of fused-ring (bicyclic) bond motifs is 1. The second kappa shape index (κ2) is 9.10. The van der Waals surface area contributed by atoms with Gasteiger partial charge in [-0.25, -0.2) is 4.79 Å². The number of aryl methyl sites for hydroxylation is 2. The summed E-state index contributed by atoms with van der Waals surface area (Å²) in [6.07, 6.45) is -0.256. The summed E-state index contributed by atoms with van der Waals surface area (Å²) >= 11 is 0. The Hall–Kier alpha value is -2.86. The molecule has 2 aliphatic rings. The van der Waals surface area contributed by atoms with Crippen LogP contribution in [-0.2, 0) is 0 Å². The fraction of sp³-hybridized carbons (Fsp3) is 0.440. The van der Waals surface area contributed by atoms with Gasteiger partial charge in [-0.2, -0.15) is 0 Å². The van der Waals surface area contributed by atoms with E-state index < -0.39 is 6.09 Å². The number of nitrogens with one attached hydrogen (secondary N) is 1. The number of nitrogens with zero attached hydrogens (tertiary/aromatic N) is 2. The zero-order chi connectivity index (χ0) is 22.0. The van der Waals surface area contributed by atoms with Crippen LogP contribution in [0.1, 0.15) is 39.5 Å². The minimum absolute atomic E-state index is 0.138. The van der Waals surface area contributed by atoms with Gasteiger partial charge in [-0.1, -0.05) is 36.4 Å². The lowest BCUT2D eigenvalue weighted by Gasteiger charge is -2.24. The van der Waals surface area contributed by atoms with Crippen LogP contribution < -0.4 is 5.32 Å². The van der Waals surface area contributed by atoms with Crippen LogP contribution in [0.4, 0.5) is 4.79 Å². The second-order valence-electron chi connectivity index (χ2n) is 8.99. The highest BCUT2D eigenvalue weighted by Gasteiger charge is 2.41. The molecule has 2 saturated heterocycles. The van der Waals surface area contributed by atoms with Crippen LogP contribution in [0, 0.1) is 25.7 Å². The third-order valence-corrected chi connectivity index (χ3v) is 6.84. The normalized spacial score (nSPS) is 21.7. The number of carbonyl (C=O) groups excluding carboxylic acids is 1. The van der Waals surface area contributed by atoms with Crippen LogP contribution in [0.25, 0.3) is 0 Å². The summed E-state index contributed by atoms with van der Waals surface area (Å²) in [5.74, 6) is 1.13.